The number of rotatable bonds is 4. The zero-order valence-corrected chi connectivity index (χ0v) is 11.3. The van der Waals surface area contributed by atoms with Gasteiger partial charge < -0.3 is 5.73 Å². The molecule has 2 aromatic rings. The largest absolute Gasteiger partial charge is 0.323 e. The molecule has 1 heterocycles. The fourth-order valence-electron chi connectivity index (χ4n) is 2.13. The molecule has 1 unspecified atom stereocenters. The van der Waals surface area contributed by atoms with E-state index in [1.165, 1.54) is 21.6 Å². The van der Waals surface area contributed by atoms with E-state index >= 15 is 0 Å². The predicted octanol–water partition coefficient (Wildman–Crippen LogP) is 3.86. The van der Waals surface area contributed by atoms with Gasteiger partial charge in [-0.2, -0.15) is 0 Å². The molecule has 0 radical (unpaired) electrons. The number of thiophene rings is 1. The zero-order valence-electron chi connectivity index (χ0n) is 10.4. The summed E-state index contributed by atoms with van der Waals surface area (Å²) in [6, 6.07) is 10.8. The standard InChI is InChI=1S/C15H19NS/c1-3-12-8-9-17-15(12)14(16)10-13-7-5-4-6-11(13)2/h4-9,14H,3,10,16H2,1-2H3. The van der Waals surface area contributed by atoms with E-state index in [2.05, 4.69) is 49.6 Å². The van der Waals surface area contributed by atoms with Crippen molar-refractivity contribution >= 4 is 11.3 Å². The second kappa shape index (κ2) is 5.48. The van der Waals surface area contributed by atoms with E-state index in [1.54, 1.807) is 11.3 Å². The smallest absolute Gasteiger partial charge is 0.0433 e. The highest BCUT2D eigenvalue weighted by atomic mass is 32.1. The molecule has 1 aromatic heterocycles. The van der Waals surface area contributed by atoms with Gasteiger partial charge in [0.05, 0.1) is 0 Å². The van der Waals surface area contributed by atoms with Gasteiger partial charge in [-0.25, -0.2) is 0 Å². The number of nitrogens with two attached hydrogens (primary N) is 1. The molecular formula is C15H19NS. The SMILES string of the molecule is CCc1ccsc1C(N)Cc1ccccc1C. The van der Waals surface area contributed by atoms with Gasteiger partial charge in [-0.05, 0) is 47.9 Å². The van der Waals surface area contributed by atoms with Crippen LogP contribution in [0.3, 0.4) is 0 Å². The first kappa shape index (κ1) is 12.3. The summed E-state index contributed by atoms with van der Waals surface area (Å²) in [5, 5.41) is 2.14. The molecule has 0 aliphatic rings. The number of hydrogen-bond acceptors (Lipinski definition) is 2. The highest BCUT2D eigenvalue weighted by molar-refractivity contribution is 7.10. The summed E-state index contributed by atoms with van der Waals surface area (Å²) < 4.78 is 0. The van der Waals surface area contributed by atoms with Gasteiger partial charge in [0.2, 0.25) is 0 Å². The van der Waals surface area contributed by atoms with Gasteiger partial charge in [0.25, 0.3) is 0 Å². The third-order valence-electron chi connectivity index (χ3n) is 3.20. The van der Waals surface area contributed by atoms with Crippen LogP contribution in [0.15, 0.2) is 35.7 Å². The van der Waals surface area contributed by atoms with Gasteiger partial charge >= 0.3 is 0 Å². The summed E-state index contributed by atoms with van der Waals surface area (Å²) in [5.74, 6) is 0. The topological polar surface area (TPSA) is 26.0 Å². The molecule has 2 rings (SSSR count). The van der Waals surface area contributed by atoms with Crippen LogP contribution in [-0.4, -0.2) is 0 Å². The second-order valence-corrected chi connectivity index (χ2v) is 5.35. The Morgan fingerprint density at radius 2 is 1.94 bits per heavy atom. The molecule has 0 spiro atoms. The Kier molecular flexibility index (Phi) is 3.97. The van der Waals surface area contributed by atoms with Gasteiger partial charge in [0.15, 0.2) is 0 Å². The Morgan fingerprint density at radius 3 is 2.65 bits per heavy atom. The maximum Gasteiger partial charge on any atom is 0.0433 e. The first-order chi connectivity index (χ1) is 8.22. The van der Waals surface area contributed by atoms with Crippen LogP contribution in [0.2, 0.25) is 0 Å². The quantitative estimate of drug-likeness (QED) is 0.869. The van der Waals surface area contributed by atoms with Crippen molar-refractivity contribution in [1.82, 2.24) is 0 Å². The van der Waals surface area contributed by atoms with Gasteiger partial charge in [-0.15, -0.1) is 11.3 Å². The second-order valence-electron chi connectivity index (χ2n) is 4.40. The molecule has 0 saturated heterocycles. The normalized spacial score (nSPS) is 12.6. The van der Waals surface area contributed by atoms with Crippen molar-refractivity contribution in [2.75, 3.05) is 0 Å². The maximum absolute atomic E-state index is 6.33. The van der Waals surface area contributed by atoms with Crippen molar-refractivity contribution in [3.63, 3.8) is 0 Å². The van der Waals surface area contributed by atoms with Gasteiger partial charge in [-0.1, -0.05) is 31.2 Å². The van der Waals surface area contributed by atoms with E-state index < -0.39 is 0 Å². The molecule has 0 saturated carbocycles. The minimum absolute atomic E-state index is 0.131. The lowest BCUT2D eigenvalue weighted by molar-refractivity contribution is 0.725. The Labute approximate surface area is 107 Å². The monoisotopic (exact) mass is 245 g/mol. The molecule has 0 bridgehead atoms. The van der Waals surface area contributed by atoms with E-state index in [1.807, 2.05) is 0 Å². The van der Waals surface area contributed by atoms with Crippen molar-refractivity contribution in [3.8, 4) is 0 Å². The Hall–Kier alpha value is -1.12. The van der Waals surface area contributed by atoms with Crippen LogP contribution >= 0.6 is 11.3 Å². The minimum Gasteiger partial charge on any atom is -0.323 e. The highest BCUT2D eigenvalue weighted by Crippen LogP contribution is 2.26. The average Bonchev–Trinajstić information content (AvgIpc) is 2.80. The van der Waals surface area contributed by atoms with Crippen molar-refractivity contribution < 1.29 is 0 Å². The molecule has 90 valence electrons. The summed E-state index contributed by atoms with van der Waals surface area (Å²) in [5.41, 5.74) is 10.4. The molecule has 0 aliphatic carbocycles. The molecule has 1 nitrogen and oxygen atoms in total. The molecule has 2 N–H and O–H groups in total. The average molecular weight is 245 g/mol. The lowest BCUT2D eigenvalue weighted by Crippen LogP contribution is -2.14. The highest BCUT2D eigenvalue weighted by Gasteiger charge is 2.13. The van der Waals surface area contributed by atoms with Crippen LogP contribution in [0.1, 0.15) is 34.5 Å². The number of aryl methyl sites for hydroxylation is 2. The van der Waals surface area contributed by atoms with Crippen molar-refractivity contribution in [1.29, 1.82) is 0 Å². The number of hydrogen-bond donors (Lipinski definition) is 1. The van der Waals surface area contributed by atoms with Crippen LogP contribution in [0.5, 0.6) is 0 Å². The van der Waals surface area contributed by atoms with E-state index in [4.69, 9.17) is 5.73 Å². The van der Waals surface area contributed by atoms with Gasteiger partial charge in [0.1, 0.15) is 0 Å². The van der Waals surface area contributed by atoms with Crippen LogP contribution < -0.4 is 5.73 Å². The van der Waals surface area contributed by atoms with Gasteiger partial charge in [-0.3, -0.25) is 0 Å². The molecule has 17 heavy (non-hydrogen) atoms. The summed E-state index contributed by atoms with van der Waals surface area (Å²) >= 11 is 1.78. The third kappa shape index (κ3) is 2.76. The summed E-state index contributed by atoms with van der Waals surface area (Å²) in [7, 11) is 0. The first-order valence-corrected chi connectivity index (χ1v) is 6.96. The Morgan fingerprint density at radius 1 is 1.18 bits per heavy atom. The van der Waals surface area contributed by atoms with Crippen LogP contribution in [0.4, 0.5) is 0 Å². The van der Waals surface area contributed by atoms with Gasteiger partial charge in [0, 0.05) is 10.9 Å². The van der Waals surface area contributed by atoms with Crippen molar-refractivity contribution in [2.45, 2.75) is 32.7 Å². The van der Waals surface area contributed by atoms with Crippen LogP contribution in [0, 0.1) is 6.92 Å². The summed E-state index contributed by atoms with van der Waals surface area (Å²) in [4.78, 5) is 1.34. The molecule has 0 amide bonds. The van der Waals surface area contributed by atoms with Crippen molar-refractivity contribution in [3.05, 3.63) is 57.3 Å². The molecule has 1 atom stereocenters. The molecule has 0 aliphatic heterocycles. The van der Waals surface area contributed by atoms with E-state index in [0.29, 0.717) is 0 Å². The molecule has 0 fully saturated rings. The molecule has 1 aromatic carbocycles. The van der Waals surface area contributed by atoms with Crippen LogP contribution in [-0.2, 0) is 12.8 Å². The number of benzene rings is 1. The lowest BCUT2D eigenvalue weighted by atomic mass is 9.99. The van der Waals surface area contributed by atoms with Crippen LogP contribution in [0.25, 0.3) is 0 Å². The first-order valence-electron chi connectivity index (χ1n) is 6.08. The fourth-order valence-corrected chi connectivity index (χ4v) is 3.13. The lowest BCUT2D eigenvalue weighted by Gasteiger charge is -2.13. The molecule has 2 heteroatoms. The fraction of sp³-hybridized carbons (Fsp3) is 0.333. The summed E-state index contributed by atoms with van der Waals surface area (Å²) in [6.07, 6.45) is 2.00. The Bertz CT molecular complexity index is 487. The predicted molar refractivity (Wildman–Crippen MR) is 75.5 cm³/mol. The minimum atomic E-state index is 0.131. The maximum atomic E-state index is 6.33. The van der Waals surface area contributed by atoms with E-state index in [9.17, 15) is 0 Å². The summed E-state index contributed by atoms with van der Waals surface area (Å²) in [6.45, 7) is 4.34. The van der Waals surface area contributed by atoms with Crippen molar-refractivity contribution in [2.24, 2.45) is 5.73 Å². The van der Waals surface area contributed by atoms with E-state index in [-0.39, 0.29) is 6.04 Å². The zero-order chi connectivity index (χ0) is 12.3. The van der Waals surface area contributed by atoms with E-state index in [0.717, 1.165) is 12.8 Å². The molecular weight excluding hydrogens is 226 g/mol. The third-order valence-corrected chi connectivity index (χ3v) is 4.29. The Balaban J connectivity index is 2.17.